The van der Waals surface area contributed by atoms with Crippen LogP contribution in [0.4, 0.5) is 0 Å². The first-order valence-corrected chi connectivity index (χ1v) is 10.3. The van der Waals surface area contributed by atoms with Crippen molar-refractivity contribution in [2.75, 3.05) is 13.2 Å². The zero-order chi connectivity index (χ0) is 21.9. The quantitative estimate of drug-likeness (QED) is 0.147. The molecule has 3 aromatic rings. The molecule has 0 fully saturated rings. The van der Waals surface area contributed by atoms with Crippen molar-refractivity contribution in [3.05, 3.63) is 78.5 Å². The monoisotopic (exact) mass is 418 g/mol. The van der Waals surface area contributed by atoms with Crippen molar-refractivity contribution in [1.82, 2.24) is 4.98 Å². The molecular formula is C25H26N2O4. The summed E-state index contributed by atoms with van der Waals surface area (Å²) in [4.78, 5) is 20.9. The topological polar surface area (TPSA) is 70.0 Å². The maximum absolute atomic E-state index is 11.0. The van der Waals surface area contributed by atoms with Crippen LogP contribution in [0.3, 0.4) is 0 Å². The first-order valence-electron chi connectivity index (χ1n) is 10.3. The van der Waals surface area contributed by atoms with Crippen LogP contribution in [0.15, 0.2) is 78.1 Å². The van der Waals surface area contributed by atoms with E-state index < -0.39 is 0 Å². The van der Waals surface area contributed by atoms with Gasteiger partial charge in [-0.25, -0.2) is 0 Å². The van der Waals surface area contributed by atoms with E-state index in [4.69, 9.17) is 14.3 Å². The summed E-state index contributed by atoms with van der Waals surface area (Å²) in [5.41, 5.74) is 3.92. The van der Waals surface area contributed by atoms with E-state index in [1.54, 1.807) is 30.5 Å². The summed E-state index contributed by atoms with van der Waals surface area (Å²) in [6, 6.07) is 21.0. The van der Waals surface area contributed by atoms with Crippen LogP contribution in [0.25, 0.3) is 11.3 Å². The van der Waals surface area contributed by atoms with E-state index in [0.717, 1.165) is 35.4 Å². The van der Waals surface area contributed by atoms with Crippen molar-refractivity contribution in [3.8, 4) is 22.8 Å². The van der Waals surface area contributed by atoms with Gasteiger partial charge in [-0.05, 0) is 36.2 Å². The Labute approximate surface area is 182 Å². The molecule has 0 radical (unpaired) electrons. The fraction of sp³-hybridized carbons (Fsp3) is 0.240. The van der Waals surface area contributed by atoms with E-state index in [1.807, 2.05) is 42.5 Å². The molecule has 0 saturated carbocycles. The van der Waals surface area contributed by atoms with Crippen molar-refractivity contribution in [1.29, 1.82) is 0 Å². The third-order valence-corrected chi connectivity index (χ3v) is 4.35. The van der Waals surface area contributed by atoms with E-state index >= 15 is 0 Å². The average molecular weight is 418 g/mol. The first-order chi connectivity index (χ1) is 15.2. The van der Waals surface area contributed by atoms with E-state index in [-0.39, 0.29) is 5.97 Å². The second kappa shape index (κ2) is 11.5. The highest BCUT2D eigenvalue weighted by Crippen LogP contribution is 2.20. The number of pyridine rings is 1. The van der Waals surface area contributed by atoms with Crippen LogP contribution in [0.2, 0.25) is 0 Å². The number of ether oxygens (including phenoxy) is 2. The van der Waals surface area contributed by atoms with Gasteiger partial charge in [-0.3, -0.25) is 9.78 Å². The van der Waals surface area contributed by atoms with Crippen LogP contribution in [-0.4, -0.2) is 29.9 Å². The Morgan fingerprint density at radius 2 is 1.77 bits per heavy atom. The second-order valence-electron chi connectivity index (χ2n) is 6.83. The molecule has 31 heavy (non-hydrogen) atoms. The fourth-order valence-electron chi connectivity index (χ4n) is 2.96. The Bertz CT molecular complexity index is 1000. The summed E-state index contributed by atoms with van der Waals surface area (Å²) in [5, 5.41) is 4.33. The Balaban J connectivity index is 1.55. The number of rotatable bonds is 10. The van der Waals surface area contributed by atoms with Gasteiger partial charge in [-0.15, -0.1) is 0 Å². The molecule has 0 aliphatic carbocycles. The lowest BCUT2D eigenvalue weighted by molar-refractivity contribution is -0.131. The minimum Gasteiger partial charge on any atom is -0.490 e. The fourth-order valence-corrected chi connectivity index (χ4v) is 2.96. The normalized spacial score (nSPS) is 11.1. The Morgan fingerprint density at radius 3 is 2.48 bits per heavy atom. The zero-order valence-electron chi connectivity index (χ0n) is 17.8. The molecule has 0 bridgehead atoms. The zero-order valence-corrected chi connectivity index (χ0v) is 17.8. The molecule has 0 atom stereocenters. The third kappa shape index (κ3) is 6.96. The highest BCUT2D eigenvalue weighted by molar-refractivity contribution is 6.00. The summed E-state index contributed by atoms with van der Waals surface area (Å²) in [6.45, 7) is 4.10. The molecule has 1 aromatic heterocycles. The van der Waals surface area contributed by atoms with Crippen molar-refractivity contribution < 1.29 is 19.1 Å². The van der Waals surface area contributed by atoms with Crippen LogP contribution >= 0.6 is 0 Å². The molecule has 2 aromatic carbocycles. The summed E-state index contributed by atoms with van der Waals surface area (Å²) in [6.07, 6.45) is 3.56. The SMILES string of the molecule is CCCC(=NOCCOc1cccc(OC(C)=O)c1)c1ccc(-c2ccccn2)cc1. The van der Waals surface area contributed by atoms with E-state index in [0.29, 0.717) is 24.7 Å². The van der Waals surface area contributed by atoms with Gasteiger partial charge in [0.2, 0.25) is 0 Å². The molecule has 3 rings (SSSR count). The van der Waals surface area contributed by atoms with E-state index in [2.05, 4.69) is 17.1 Å². The predicted molar refractivity (Wildman–Crippen MR) is 120 cm³/mol. The minimum absolute atomic E-state index is 0.303. The second-order valence-corrected chi connectivity index (χ2v) is 6.83. The van der Waals surface area contributed by atoms with Crippen LogP contribution in [0, 0.1) is 0 Å². The molecule has 160 valence electrons. The molecular weight excluding hydrogens is 392 g/mol. The van der Waals surface area contributed by atoms with Gasteiger partial charge in [0.1, 0.15) is 18.1 Å². The highest BCUT2D eigenvalue weighted by atomic mass is 16.6. The minimum atomic E-state index is -0.369. The highest BCUT2D eigenvalue weighted by Gasteiger charge is 2.06. The lowest BCUT2D eigenvalue weighted by Gasteiger charge is -2.09. The van der Waals surface area contributed by atoms with E-state index in [9.17, 15) is 4.79 Å². The summed E-state index contributed by atoms with van der Waals surface area (Å²) >= 11 is 0. The van der Waals surface area contributed by atoms with Gasteiger partial charge in [0, 0.05) is 24.8 Å². The number of hydrogen-bond donors (Lipinski definition) is 0. The molecule has 0 aliphatic heterocycles. The van der Waals surface area contributed by atoms with Crippen molar-refractivity contribution in [2.24, 2.45) is 5.16 Å². The van der Waals surface area contributed by atoms with Crippen LogP contribution in [-0.2, 0) is 9.63 Å². The van der Waals surface area contributed by atoms with Gasteiger partial charge in [-0.2, -0.15) is 0 Å². The maximum Gasteiger partial charge on any atom is 0.308 e. The number of hydrogen-bond acceptors (Lipinski definition) is 6. The molecule has 0 unspecified atom stereocenters. The summed E-state index contributed by atoms with van der Waals surface area (Å²) in [7, 11) is 0. The Morgan fingerprint density at radius 1 is 0.968 bits per heavy atom. The number of carbonyl (C=O) groups excluding carboxylic acids is 1. The van der Waals surface area contributed by atoms with Gasteiger partial charge in [-0.1, -0.05) is 54.9 Å². The molecule has 0 spiro atoms. The number of esters is 1. The molecule has 6 nitrogen and oxygen atoms in total. The van der Waals surface area contributed by atoms with Crippen LogP contribution < -0.4 is 9.47 Å². The molecule has 0 amide bonds. The molecule has 6 heteroatoms. The maximum atomic E-state index is 11.0. The van der Waals surface area contributed by atoms with E-state index in [1.165, 1.54) is 6.92 Å². The van der Waals surface area contributed by atoms with Crippen molar-refractivity contribution in [3.63, 3.8) is 0 Å². The summed E-state index contributed by atoms with van der Waals surface area (Å²) in [5.74, 6) is 0.680. The molecule has 1 heterocycles. The Kier molecular flexibility index (Phi) is 8.17. The van der Waals surface area contributed by atoms with Crippen molar-refractivity contribution >= 4 is 11.7 Å². The lowest BCUT2D eigenvalue weighted by atomic mass is 10.0. The van der Waals surface area contributed by atoms with Gasteiger partial charge in [0.15, 0.2) is 6.61 Å². The molecule has 0 N–H and O–H groups in total. The average Bonchev–Trinajstić information content (AvgIpc) is 2.79. The number of aromatic nitrogens is 1. The number of nitrogens with zero attached hydrogens (tertiary/aromatic N) is 2. The first kappa shape index (κ1) is 22.0. The van der Waals surface area contributed by atoms with Crippen LogP contribution in [0.1, 0.15) is 32.3 Å². The third-order valence-electron chi connectivity index (χ3n) is 4.35. The number of carbonyl (C=O) groups is 1. The van der Waals surface area contributed by atoms with Crippen molar-refractivity contribution in [2.45, 2.75) is 26.7 Å². The van der Waals surface area contributed by atoms with Gasteiger partial charge < -0.3 is 14.3 Å². The van der Waals surface area contributed by atoms with Gasteiger partial charge >= 0.3 is 5.97 Å². The van der Waals surface area contributed by atoms with Gasteiger partial charge in [0.25, 0.3) is 0 Å². The molecule has 0 aliphatic rings. The smallest absolute Gasteiger partial charge is 0.308 e. The lowest BCUT2D eigenvalue weighted by Crippen LogP contribution is -2.07. The Hall–Kier alpha value is -3.67. The predicted octanol–water partition coefficient (Wildman–Crippen LogP) is 5.27. The molecule has 0 saturated heterocycles. The standard InChI is InChI=1S/C25H26N2O4/c1-3-7-25(21-13-11-20(12-14-21)24-10-4-5-15-26-24)27-30-17-16-29-22-8-6-9-23(18-22)31-19(2)28/h4-6,8-15,18H,3,7,16-17H2,1-2H3. The number of benzene rings is 2. The van der Waals surface area contributed by atoms with Gasteiger partial charge in [0.05, 0.1) is 11.4 Å². The van der Waals surface area contributed by atoms with Crippen LogP contribution in [0.5, 0.6) is 11.5 Å². The number of oxime groups is 1. The largest absolute Gasteiger partial charge is 0.490 e. The summed E-state index contributed by atoms with van der Waals surface area (Å²) < 4.78 is 10.7.